The zero-order valence-corrected chi connectivity index (χ0v) is 10.3. The van der Waals surface area contributed by atoms with Gasteiger partial charge in [-0.3, -0.25) is 4.79 Å². The highest BCUT2D eigenvalue weighted by molar-refractivity contribution is 5.81. The summed E-state index contributed by atoms with van der Waals surface area (Å²) in [6, 6.07) is 3.19. The Morgan fingerprint density at radius 1 is 1.59 bits per heavy atom. The average Bonchev–Trinajstić information content (AvgIpc) is 2.36. The number of nitrogens with zero attached hydrogens (tertiary/aromatic N) is 1. The lowest BCUT2D eigenvalue weighted by Gasteiger charge is -2.11. The van der Waals surface area contributed by atoms with Crippen molar-refractivity contribution in [3.05, 3.63) is 23.9 Å². The van der Waals surface area contributed by atoms with Gasteiger partial charge in [-0.25, -0.2) is 4.98 Å². The number of carbonyl (C=O) groups excluding carboxylic acids is 1. The van der Waals surface area contributed by atoms with Gasteiger partial charge in [-0.1, -0.05) is 19.4 Å². The third-order valence-electron chi connectivity index (χ3n) is 2.41. The Bertz CT molecular complexity index is 351. The van der Waals surface area contributed by atoms with Crippen LogP contribution in [0.4, 0.5) is 0 Å². The molecule has 1 aromatic rings. The number of amides is 1. The van der Waals surface area contributed by atoms with E-state index in [4.69, 9.17) is 10.5 Å². The van der Waals surface area contributed by atoms with Gasteiger partial charge in [0.05, 0.1) is 13.2 Å². The fourth-order valence-electron chi connectivity index (χ4n) is 1.40. The molecule has 0 bridgehead atoms. The van der Waals surface area contributed by atoms with E-state index in [1.54, 1.807) is 19.4 Å². The molecule has 0 aromatic carbocycles. The summed E-state index contributed by atoms with van der Waals surface area (Å²) in [5.74, 6) is 0.436. The lowest BCUT2D eigenvalue weighted by atomic mass is 10.1. The molecule has 0 aliphatic heterocycles. The fraction of sp³-hybridized carbons (Fsp3) is 0.500. The smallest absolute Gasteiger partial charge is 0.237 e. The van der Waals surface area contributed by atoms with Gasteiger partial charge in [0.1, 0.15) is 0 Å². The molecule has 0 saturated carbocycles. The van der Waals surface area contributed by atoms with Crippen LogP contribution in [0, 0.1) is 0 Å². The summed E-state index contributed by atoms with van der Waals surface area (Å²) in [6.07, 6.45) is 3.27. The van der Waals surface area contributed by atoms with Crippen molar-refractivity contribution >= 4 is 5.91 Å². The minimum absolute atomic E-state index is 0.123. The summed E-state index contributed by atoms with van der Waals surface area (Å²) in [7, 11) is 1.56. The van der Waals surface area contributed by atoms with Crippen molar-refractivity contribution in [1.82, 2.24) is 10.3 Å². The molecule has 1 heterocycles. The number of nitrogens with two attached hydrogens (primary N) is 1. The second-order valence-corrected chi connectivity index (χ2v) is 3.82. The molecule has 1 atom stereocenters. The predicted molar refractivity (Wildman–Crippen MR) is 65.5 cm³/mol. The van der Waals surface area contributed by atoms with Gasteiger partial charge in [0.2, 0.25) is 11.8 Å². The SMILES string of the molecule is CCCC(N)C(=O)NCc1ccc(OC)nc1. The van der Waals surface area contributed by atoms with E-state index in [9.17, 15) is 4.79 Å². The van der Waals surface area contributed by atoms with Gasteiger partial charge in [0, 0.05) is 18.8 Å². The van der Waals surface area contributed by atoms with Gasteiger partial charge in [0.25, 0.3) is 0 Å². The zero-order valence-electron chi connectivity index (χ0n) is 10.3. The Labute approximate surface area is 101 Å². The van der Waals surface area contributed by atoms with E-state index in [0.717, 1.165) is 12.0 Å². The van der Waals surface area contributed by atoms with Crippen LogP contribution >= 0.6 is 0 Å². The van der Waals surface area contributed by atoms with Gasteiger partial charge in [-0.15, -0.1) is 0 Å². The van der Waals surface area contributed by atoms with Crippen LogP contribution in [0.1, 0.15) is 25.3 Å². The summed E-state index contributed by atoms with van der Waals surface area (Å²) in [5, 5.41) is 2.78. The summed E-state index contributed by atoms with van der Waals surface area (Å²) in [6.45, 7) is 2.44. The molecule has 1 amide bonds. The summed E-state index contributed by atoms with van der Waals surface area (Å²) >= 11 is 0. The maximum absolute atomic E-state index is 11.5. The molecule has 0 aliphatic rings. The van der Waals surface area contributed by atoms with E-state index >= 15 is 0 Å². The molecule has 0 aliphatic carbocycles. The van der Waals surface area contributed by atoms with Crippen molar-refractivity contribution in [2.24, 2.45) is 5.73 Å². The van der Waals surface area contributed by atoms with Crippen LogP contribution in [0.2, 0.25) is 0 Å². The predicted octanol–water partition coefficient (Wildman–Crippen LogP) is 0.834. The Morgan fingerprint density at radius 2 is 2.35 bits per heavy atom. The van der Waals surface area contributed by atoms with Crippen LogP contribution in [-0.2, 0) is 11.3 Å². The Kier molecular flexibility index (Phi) is 5.42. The Balaban J connectivity index is 2.41. The summed E-state index contributed by atoms with van der Waals surface area (Å²) in [5.41, 5.74) is 6.61. The van der Waals surface area contributed by atoms with E-state index in [0.29, 0.717) is 18.8 Å². The van der Waals surface area contributed by atoms with Crippen molar-refractivity contribution in [1.29, 1.82) is 0 Å². The van der Waals surface area contributed by atoms with Crippen LogP contribution in [-0.4, -0.2) is 24.0 Å². The highest BCUT2D eigenvalue weighted by atomic mass is 16.5. The maximum Gasteiger partial charge on any atom is 0.237 e. The third kappa shape index (κ3) is 4.40. The van der Waals surface area contributed by atoms with Crippen molar-refractivity contribution in [3.8, 4) is 5.88 Å². The van der Waals surface area contributed by atoms with Gasteiger partial charge in [0.15, 0.2) is 0 Å². The van der Waals surface area contributed by atoms with Crippen molar-refractivity contribution in [2.45, 2.75) is 32.4 Å². The lowest BCUT2D eigenvalue weighted by Crippen LogP contribution is -2.40. The van der Waals surface area contributed by atoms with Gasteiger partial charge in [-0.05, 0) is 12.0 Å². The molecule has 0 fully saturated rings. The van der Waals surface area contributed by atoms with Gasteiger partial charge < -0.3 is 15.8 Å². The molecule has 3 N–H and O–H groups in total. The molecule has 0 spiro atoms. The lowest BCUT2D eigenvalue weighted by molar-refractivity contribution is -0.122. The molecule has 94 valence electrons. The minimum Gasteiger partial charge on any atom is -0.481 e. The number of hydrogen-bond donors (Lipinski definition) is 2. The van der Waals surface area contributed by atoms with Crippen LogP contribution in [0.5, 0.6) is 5.88 Å². The van der Waals surface area contributed by atoms with Gasteiger partial charge in [-0.2, -0.15) is 0 Å². The average molecular weight is 237 g/mol. The van der Waals surface area contributed by atoms with E-state index < -0.39 is 6.04 Å². The number of nitrogens with one attached hydrogen (secondary N) is 1. The van der Waals surface area contributed by atoms with Gasteiger partial charge >= 0.3 is 0 Å². The molecular formula is C12H19N3O2. The number of methoxy groups -OCH3 is 1. The molecule has 1 aromatic heterocycles. The molecule has 1 unspecified atom stereocenters. The van der Waals surface area contributed by atoms with E-state index in [1.165, 1.54) is 0 Å². The second-order valence-electron chi connectivity index (χ2n) is 3.82. The quantitative estimate of drug-likeness (QED) is 0.768. The standard InChI is InChI=1S/C12H19N3O2/c1-3-4-10(13)12(16)15-8-9-5-6-11(17-2)14-7-9/h5-7,10H,3-4,8,13H2,1-2H3,(H,15,16). The molecule has 1 rings (SSSR count). The van der Waals surface area contributed by atoms with Crippen LogP contribution < -0.4 is 15.8 Å². The first kappa shape index (κ1) is 13.4. The van der Waals surface area contributed by atoms with Crippen LogP contribution in [0.15, 0.2) is 18.3 Å². The number of rotatable bonds is 6. The summed E-state index contributed by atoms with van der Waals surface area (Å²) in [4.78, 5) is 15.6. The molecular weight excluding hydrogens is 218 g/mol. The van der Waals surface area contributed by atoms with Crippen molar-refractivity contribution in [2.75, 3.05) is 7.11 Å². The van der Waals surface area contributed by atoms with E-state index in [2.05, 4.69) is 10.3 Å². The first-order valence-electron chi connectivity index (χ1n) is 5.69. The molecule has 5 heteroatoms. The number of hydrogen-bond acceptors (Lipinski definition) is 4. The third-order valence-corrected chi connectivity index (χ3v) is 2.41. The monoisotopic (exact) mass is 237 g/mol. The largest absolute Gasteiger partial charge is 0.481 e. The highest BCUT2D eigenvalue weighted by Crippen LogP contribution is 2.06. The number of ether oxygens (including phenoxy) is 1. The first-order chi connectivity index (χ1) is 8.17. The molecule has 17 heavy (non-hydrogen) atoms. The van der Waals surface area contributed by atoms with Crippen LogP contribution in [0.3, 0.4) is 0 Å². The number of carbonyl (C=O) groups is 1. The van der Waals surface area contributed by atoms with Crippen molar-refractivity contribution in [3.63, 3.8) is 0 Å². The van der Waals surface area contributed by atoms with E-state index in [-0.39, 0.29) is 5.91 Å². The molecule has 0 radical (unpaired) electrons. The Morgan fingerprint density at radius 3 is 2.88 bits per heavy atom. The second kappa shape index (κ2) is 6.85. The number of pyridine rings is 1. The summed E-state index contributed by atoms with van der Waals surface area (Å²) < 4.78 is 4.95. The van der Waals surface area contributed by atoms with E-state index in [1.807, 2.05) is 13.0 Å². The maximum atomic E-state index is 11.5. The minimum atomic E-state index is -0.425. The van der Waals surface area contributed by atoms with Crippen molar-refractivity contribution < 1.29 is 9.53 Å². The molecule has 0 saturated heterocycles. The fourth-order valence-corrected chi connectivity index (χ4v) is 1.40. The first-order valence-corrected chi connectivity index (χ1v) is 5.69. The molecule has 5 nitrogen and oxygen atoms in total. The highest BCUT2D eigenvalue weighted by Gasteiger charge is 2.11. The van der Waals surface area contributed by atoms with Crippen LogP contribution in [0.25, 0.3) is 0 Å². The Hall–Kier alpha value is -1.62. The zero-order chi connectivity index (χ0) is 12.7. The normalized spacial score (nSPS) is 11.9. The topological polar surface area (TPSA) is 77.2 Å². The number of aromatic nitrogens is 1.